The van der Waals surface area contributed by atoms with Gasteiger partial charge in [-0.1, -0.05) is 76.6 Å². The van der Waals surface area contributed by atoms with Crippen molar-refractivity contribution in [3.05, 3.63) is 71.8 Å². The molecule has 0 saturated carbocycles. The molecule has 0 radical (unpaired) electrons. The molecule has 0 saturated heterocycles. The first kappa shape index (κ1) is 12.9. The predicted molar refractivity (Wildman–Crippen MR) is 87.3 cm³/mol. The van der Waals surface area contributed by atoms with Gasteiger partial charge in [0.15, 0.2) is 0 Å². The van der Waals surface area contributed by atoms with E-state index in [1.165, 1.54) is 11.1 Å². The van der Waals surface area contributed by atoms with E-state index >= 15 is 0 Å². The van der Waals surface area contributed by atoms with E-state index in [9.17, 15) is 0 Å². The second-order valence-electron chi connectivity index (χ2n) is 4.48. The topological polar surface area (TPSA) is 12.4 Å². The highest BCUT2D eigenvalue weighted by Gasteiger charge is 2.26. The summed E-state index contributed by atoms with van der Waals surface area (Å²) in [6.07, 6.45) is 0. The van der Waals surface area contributed by atoms with E-state index in [4.69, 9.17) is 4.99 Å². The van der Waals surface area contributed by atoms with Gasteiger partial charge in [0.2, 0.25) is 0 Å². The van der Waals surface area contributed by atoms with E-state index < -0.39 is 0 Å². The summed E-state index contributed by atoms with van der Waals surface area (Å²) in [5.74, 6) is 1.05. The lowest BCUT2D eigenvalue weighted by Crippen LogP contribution is -2.20. The van der Waals surface area contributed by atoms with Gasteiger partial charge in [-0.2, -0.15) is 0 Å². The van der Waals surface area contributed by atoms with Crippen LogP contribution in [0.3, 0.4) is 0 Å². The van der Waals surface area contributed by atoms with Gasteiger partial charge in [0.1, 0.15) is 0 Å². The van der Waals surface area contributed by atoms with Gasteiger partial charge in [0.25, 0.3) is 0 Å². The van der Waals surface area contributed by atoms with Crippen molar-refractivity contribution in [1.29, 1.82) is 0 Å². The molecule has 3 heteroatoms. The third kappa shape index (κ3) is 2.93. The molecule has 1 aliphatic heterocycles. The number of hydrogen-bond donors (Lipinski definition) is 0. The van der Waals surface area contributed by atoms with Crippen molar-refractivity contribution in [2.45, 2.75) is 10.9 Å². The zero-order valence-electron chi connectivity index (χ0n) is 10.4. The minimum atomic E-state index is 0.206. The van der Waals surface area contributed by atoms with Crippen LogP contribution in [0.5, 0.6) is 0 Å². The first-order valence-corrected chi connectivity index (χ1v) is 8.20. The Morgan fingerprint density at radius 2 is 1.58 bits per heavy atom. The monoisotopic (exact) mass is 331 g/mol. The molecule has 0 unspecified atom stereocenters. The predicted octanol–water partition coefficient (Wildman–Crippen LogP) is 4.68. The molecule has 0 aliphatic carbocycles. The Kier molecular flexibility index (Phi) is 4.04. The standard InChI is InChI=1S/C16H14BrNS/c17-14-11-19-16(13-9-5-2-6-10-13)18-15(14)12-7-3-1-4-8-12/h1-10,14-15H,11H2/t14-,15+/m0/s1. The maximum absolute atomic E-state index is 4.94. The molecule has 0 N–H and O–H groups in total. The minimum absolute atomic E-state index is 0.206. The fourth-order valence-corrected chi connectivity index (χ4v) is 3.98. The fourth-order valence-electron chi connectivity index (χ4n) is 2.17. The van der Waals surface area contributed by atoms with Gasteiger partial charge in [0, 0.05) is 11.3 Å². The molecule has 1 aliphatic rings. The first-order chi connectivity index (χ1) is 9.34. The van der Waals surface area contributed by atoms with Crippen LogP contribution in [0.15, 0.2) is 65.7 Å². The maximum Gasteiger partial charge on any atom is 0.0985 e. The molecule has 2 aromatic rings. The van der Waals surface area contributed by atoms with E-state index in [-0.39, 0.29) is 6.04 Å². The molecule has 19 heavy (non-hydrogen) atoms. The molecule has 2 atom stereocenters. The number of nitrogens with zero attached hydrogens (tertiary/aromatic N) is 1. The molecule has 0 amide bonds. The SMILES string of the molecule is Br[C@H]1CSC(c2ccccc2)=N[C@@H]1c1ccccc1. The van der Waals surface area contributed by atoms with Crippen LogP contribution in [0.1, 0.15) is 17.2 Å². The Hall–Kier alpha value is -1.06. The molecule has 1 heterocycles. The van der Waals surface area contributed by atoms with Gasteiger partial charge < -0.3 is 0 Å². The van der Waals surface area contributed by atoms with Gasteiger partial charge in [0.05, 0.1) is 15.9 Å². The van der Waals surface area contributed by atoms with Crippen LogP contribution in [-0.2, 0) is 0 Å². The normalized spacial score (nSPS) is 22.9. The molecular weight excluding hydrogens is 318 g/mol. The van der Waals surface area contributed by atoms with Crippen LogP contribution in [0.25, 0.3) is 0 Å². The number of aliphatic imine (C=N–C) groups is 1. The lowest BCUT2D eigenvalue weighted by atomic mass is 10.0. The summed E-state index contributed by atoms with van der Waals surface area (Å²) in [5.41, 5.74) is 2.49. The molecule has 0 spiro atoms. The van der Waals surface area contributed by atoms with Crippen molar-refractivity contribution in [1.82, 2.24) is 0 Å². The van der Waals surface area contributed by atoms with E-state index in [0.717, 1.165) is 10.8 Å². The van der Waals surface area contributed by atoms with E-state index in [2.05, 4.69) is 64.5 Å². The molecule has 0 aromatic heterocycles. The Bertz CT molecular complexity index is 568. The van der Waals surface area contributed by atoms with Gasteiger partial charge in [-0.25, -0.2) is 0 Å². The van der Waals surface area contributed by atoms with Gasteiger partial charge in [-0.15, -0.1) is 11.8 Å². The Labute approximate surface area is 126 Å². The van der Waals surface area contributed by atoms with E-state index in [1.54, 1.807) is 0 Å². The second kappa shape index (κ2) is 5.93. The Morgan fingerprint density at radius 1 is 0.947 bits per heavy atom. The van der Waals surface area contributed by atoms with Crippen LogP contribution < -0.4 is 0 Å². The molecule has 0 fully saturated rings. The Morgan fingerprint density at radius 3 is 2.26 bits per heavy atom. The molecule has 1 nitrogen and oxygen atoms in total. The smallest absolute Gasteiger partial charge is 0.0985 e. The molecule has 2 aromatic carbocycles. The number of benzene rings is 2. The summed E-state index contributed by atoms with van der Waals surface area (Å²) in [6.45, 7) is 0. The van der Waals surface area contributed by atoms with Crippen LogP contribution in [0.2, 0.25) is 0 Å². The molecule has 0 bridgehead atoms. The average Bonchev–Trinajstić information content (AvgIpc) is 2.49. The average molecular weight is 332 g/mol. The summed E-state index contributed by atoms with van der Waals surface area (Å²) in [4.78, 5) is 5.33. The van der Waals surface area contributed by atoms with Crippen molar-refractivity contribution in [2.24, 2.45) is 4.99 Å². The third-order valence-corrected chi connectivity index (χ3v) is 5.53. The van der Waals surface area contributed by atoms with E-state index in [1.807, 2.05) is 23.9 Å². The Balaban J connectivity index is 1.96. The van der Waals surface area contributed by atoms with Crippen molar-refractivity contribution < 1.29 is 0 Å². The third-order valence-electron chi connectivity index (χ3n) is 3.14. The molecular formula is C16H14BrNS. The van der Waals surface area contributed by atoms with Gasteiger partial charge in [-0.05, 0) is 5.56 Å². The van der Waals surface area contributed by atoms with Crippen molar-refractivity contribution in [3.63, 3.8) is 0 Å². The van der Waals surface area contributed by atoms with Gasteiger partial charge in [-0.3, -0.25) is 4.99 Å². The quantitative estimate of drug-likeness (QED) is 0.727. The fraction of sp³-hybridized carbons (Fsp3) is 0.188. The zero-order valence-corrected chi connectivity index (χ0v) is 12.8. The lowest BCUT2D eigenvalue weighted by Gasteiger charge is -2.25. The zero-order chi connectivity index (χ0) is 13.1. The summed E-state index contributed by atoms with van der Waals surface area (Å²) >= 11 is 5.59. The van der Waals surface area contributed by atoms with Crippen molar-refractivity contribution >= 4 is 32.7 Å². The highest BCUT2D eigenvalue weighted by atomic mass is 79.9. The number of hydrogen-bond acceptors (Lipinski definition) is 2. The second-order valence-corrected chi connectivity index (χ2v) is 6.67. The maximum atomic E-state index is 4.94. The summed E-state index contributed by atoms with van der Waals surface area (Å²) < 4.78 is 0. The van der Waals surface area contributed by atoms with Crippen molar-refractivity contribution in [3.8, 4) is 0 Å². The number of thioether (sulfide) groups is 1. The van der Waals surface area contributed by atoms with Crippen LogP contribution in [0.4, 0.5) is 0 Å². The van der Waals surface area contributed by atoms with E-state index in [0.29, 0.717) is 4.83 Å². The largest absolute Gasteiger partial charge is 0.269 e. The van der Waals surface area contributed by atoms with Crippen LogP contribution in [-0.4, -0.2) is 15.6 Å². The van der Waals surface area contributed by atoms with Crippen LogP contribution >= 0.6 is 27.7 Å². The van der Waals surface area contributed by atoms with Crippen molar-refractivity contribution in [2.75, 3.05) is 5.75 Å². The molecule has 96 valence electrons. The first-order valence-electron chi connectivity index (χ1n) is 6.29. The minimum Gasteiger partial charge on any atom is -0.269 e. The lowest BCUT2D eigenvalue weighted by molar-refractivity contribution is 0.731. The summed E-state index contributed by atoms with van der Waals surface area (Å²) in [5, 5.41) is 1.14. The highest BCUT2D eigenvalue weighted by molar-refractivity contribution is 9.09. The van der Waals surface area contributed by atoms with Crippen LogP contribution in [0, 0.1) is 0 Å². The number of alkyl halides is 1. The number of rotatable bonds is 2. The highest BCUT2D eigenvalue weighted by Crippen LogP contribution is 2.35. The summed E-state index contributed by atoms with van der Waals surface area (Å²) in [6, 6.07) is 21.1. The number of halogens is 1. The van der Waals surface area contributed by atoms with Gasteiger partial charge >= 0.3 is 0 Å². The summed E-state index contributed by atoms with van der Waals surface area (Å²) in [7, 11) is 0. The molecule has 3 rings (SSSR count).